The first-order valence-electron chi connectivity index (χ1n) is 4.74. The monoisotopic (exact) mass is 193 g/mol. The van der Waals surface area contributed by atoms with Crippen molar-refractivity contribution in [1.29, 1.82) is 0 Å². The van der Waals surface area contributed by atoms with E-state index in [9.17, 15) is 0 Å². The minimum absolute atomic E-state index is 0.511. The fourth-order valence-electron chi connectivity index (χ4n) is 1.32. The summed E-state index contributed by atoms with van der Waals surface area (Å²) in [5.74, 6) is 2.19. The summed E-state index contributed by atoms with van der Waals surface area (Å²) < 4.78 is 10.4. The van der Waals surface area contributed by atoms with Gasteiger partial charge in [-0.2, -0.15) is 0 Å². The summed E-state index contributed by atoms with van der Waals surface area (Å²) in [5, 5.41) is 0. The molecule has 0 aromatic heterocycles. The van der Waals surface area contributed by atoms with E-state index in [2.05, 4.69) is 19.9 Å². The number of methoxy groups -OCH3 is 1. The molecule has 0 radical (unpaired) electrons. The molecule has 1 aliphatic carbocycles. The molecule has 0 bridgehead atoms. The maximum absolute atomic E-state index is 5.28. The van der Waals surface area contributed by atoms with Crippen LogP contribution in [0.1, 0.15) is 13.8 Å². The average molecular weight is 193 g/mol. The zero-order valence-electron chi connectivity index (χ0n) is 9.20. The molecule has 2 nitrogen and oxygen atoms in total. The highest BCUT2D eigenvalue weighted by Crippen LogP contribution is 2.15. The van der Waals surface area contributed by atoms with Crippen LogP contribution >= 0.6 is 0 Å². The smallest absolute Gasteiger partial charge is 0.353 e. The van der Waals surface area contributed by atoms with E-state index < -0.39 is 0 Å². The van der Waals surface area contributed by atoms with Gasteiger partial charge in [-0.3, -0.25) is 4.42 Å². The van der Waals surface area contributed by atoms with Crippen LogP contribution in [0.2, 0.25) is 0 Å². The second-order valence-electron chi connectivity index (χ2n) is 3.52. The standard InChI is InChI=1S/C12H17O2/c1-9(2)7-10-5-6-11(13-3)8-12(10)14-4/h5-9H,1-4H3/q+1/b10-7-. The Hall–Kier alpha value is -1.31. The molecule has 0 saturated carbocycles. The second kappa shape index (κ2) is 4.80. The molecule has 0 aromatic rings. The lowest BCUT2D eigenvalue weighted by Crippen LogP contribution is -2.07. The molecular weight excluding hydrogens is 176 g/mol. The van der Waals surface area contributed by atoms with E-state index in [-0.39, 0.29) is 0 Å². The van der Waals surface area contributed by atoms with Crippen LogP contribution in [-0.2, 0) is 9.16 Å². The van der Waals surface area contributed by atoms with Gasteiger partial charge in [0.2, 0.25) is 0 Å². The maximum Gasteiger partial charge on any atom is 0.353 e. The molecule has 1 rings (SSSR count). The van der Waals surface area contributed by atoms with Crippen molar-refractivity contribution in [2.45, 2.75) is 13.8 Å². The van der Waals surface area contributed by atoms with Gasteiger partial charge in [-0.1, -0.05) is 19.9 Å². The van der Waals surface area contributed by atoms with Crippen molar-refractivity contribution in [3.8, 4) is 0 Å². The van der Waals surface area contributed by atoms with E-state index in [0.29, 0.717) is 5.92 Å². The second-order valence-corrected chi connectivity index (χ2v) is 3.52. The molecule has 0 aliphatic heterocycles. The van der Waals surface area contributed by atoms with Crippen LogP contribution in [0.3, 0.4) is 0 Å². The Morgan fingerprint density at radius 3 is 2.57 bits per heavy atom. The molecule has 0 atom stereocenters. The van der Waals surface area contributed by atoms with Crippen LogP contribution in [0.15, 0.2) is 35.6 Å². The maximum atomic E-state index is 5.28. The van der Waals surface area contributed by atoms with Crippen molar-refractivity contribution in [2.75, 3.05) is 14.2 Å². The van der Waals surface area contributed by atoms with Gasteiger partial charge in [0.15, 0.2) is 0 Å². The lowest BCUT2D eigenvalue weighted by Gasteiger charge is -2.05. The Labute approximate surface area is 85.3 Å². The topological polar surface area (TPSA) is 20.5 Å². The SMILES string of the molecule is COC1=CC(=[O+]C)/C(=C\C(C)C)C=C1. The summed E-state index contributed by atoms with van der Waals surface area (Å²) in [6.45, 7) is 4.29. The highest BCUT2D eigenvalue weighted by atomic mass is 16.5. The summed E-state index contributed by atoms with van der Waals surface area (Å²) in [4.78, 5) is 0. The van der Waals surface area contributed by atoms with Crippen LogP contribution in [-0.4, -0.2) is 20.0 Å². The van der Waals surface area contributed by atoms with Crippen LogP contribution < -0.4 is 0 Å². The van der Waals surface area contributed by atoms with Crippen molar-refractivity contribution >= 4 is 5.78 Å². The van der Waals surface area contributed by atoms with Gasteiger partial charge >= 0.3 is 5.78 Å². The summed E-state index contributed by atoms with van der Waals surface area (Å²) in [6, 6.07) is 0. The van der Waals surface area contributed by atoms with E-state index in [1.807, 2.05) is 18.2 Å². The number of allylic oxidation sites excluding steroid dienone is 5. The fraction of sp³-hybridized carbons (Fsp3) is 0.417. The number of carbonyl (C=O) groups excluding carboxylic acids is 1. The van der Waals surface area contributed by atoms with Crippen LogP contribution in [0.25, 0.3) is 0 Å². The molecule has 0 amide bonds. The van der Waals surface area contributed by atoms with Gasteiger partial charge in [0, 0.05) is 0 Å². The van der Waals surface area contributed by atoms with E-state index in [0.717, 1.165) is 17.1 Å². The first-order valence-corrected chi connectivity index (χ1v) is 4.74. The number of ketones is 1. The van der Waals surface area contributed by atoms with Gasteiger partial charge in [-0.05, 0) is 18.1 Å². The van der Waals surface area contributed by atoms with Crippen molar-refractivity contribution < 1.29 is 9.16 Å². The third kappa shape index (κ3) is 2.59. The van der Waals surface area contributed by atoms with Crippen molar-refractivity contribution in [3.63, 3.8) is 0 Å². The Balaban J connectivity index is 2.96. The van der Waals surface area contributed by atoms with Gasteiger partial charge in [0.05, 0.1) is 18.8 Å². The first-order chi connectivity index (χ1) is 6.67. The van der Waals surface area contributed by atoms with E-state index in [1.165, 1.54) is 0 Å². The van der Waals surface area contributed by atoms with E-state index in [1.54, 1.807) is 14.2 Å². The molecule has 0 saturated heterocycles. The lowest BCUT2D eigenvalue weighted by atomic mass is 10.0. The molecule has 0 fully saturated rings. The highest BCUT2D eigenvalue weighted by Gasteiger charge is 2.18. The summed E-state index contributed by atoms with van der Waals surface area (Å²) in [7, 11) is 3.33. The Morgan fingerprint density at radius 1 is 1.36 bits per heavy atom. The molecule has 0 heterocycles. The zero-order valence-corrected chi connectivity index (χ0v) is 9.20. The Bertz CT molecular complexity index is 317. The Morgan fingerprint density at radius 2 is 2.07 bits per heavy atom. The van der Waals surface area contributed by atoms with Gasteiger partial charge in [0.25, 0.3) is 7.11 Å². The number of hydrogen-bond acceptors (Lipinski definition) is 1. The van der Waals surface area contributed by atoms with Crippen molar-refractivity contribution in [2.24, 2.45) is 5.92 Å². The predicted octanol–water partition coefficient (Wildman–Crippen LogP) is 2.40. The van der Waals surface area contributed by atoms with Gasteiger partial charge in [-0.15, -0.1) is 0 Å². The number of rotatable bonds is 2. The molecule has 0 spiro atoms. The lowest BCUT2D eigenvalue weighted by molar-refractivity contribution is -0.418. The minimum Gasteiger partial charge on any atom is -0.496 e. The average Bonchev–Trinajstić information content (AvgIpc) is 2.17. The molecule has 0 unspecified atom stereocenters. The molecular formula is C12H17O2+. The van der Waals surface area contributed by atoms with Crippen LogP contribution in [0.4, 0.5) is 0 Å². The molecule has 1 aliphatic rings. The molecule has 76 valence electrons. The number of hydrogen-bond donors (Lipinski definition) is 0. The van der Waals surface area contributed by atoms with Crippen molar-refractivity contribution in [1.82, 2.24) is 0 Å². The van der Waals surface area contributed by atoms with E-state index in [4.69, 9.17) is 9.16 Å². The van der Waals surface area contributed by atoms with Gasteiger partial charge in [0.1, 0.15) is 5.76 Å². The van der Waals surface area contributed by atoms with Crippen LogP contribution in [0.5, 0.6) is 0 Å². The predicted molar refractivity (Wildman–Crippen MR) is 58.1 cm³/mol. The van der Waals surface area contributed by atoms with E-state index >= 15 is 0 Å². The first kappa shape index (κ1) is 10.8. The fourth-order valence-corrected chi connectivity index (χ4v) is 1.32. The molecule has 2 heteroatoms. The summed E-state index contributed by atoms with van der Waals surface area (Å²) in [5.41, 5.74) is 1.11. The normalized spacial score (nSPS) is 21.9. The largest absolute Gasteiger partial charge is 0.496 e. The quantitative estimate of drug-likeness (QED) is 0.487. The highest BCUT2D eigenvalue weighted by molar-refractivity contribution is 6.08. The summed E-state index contributed by atoms with van der Waals surface area (Å²) in [6.07, 6.45) is 8.01. The zero-order chi connectivity index (χ0) is 10.6. The number of ether oxygens (including phenoxy) is 1. The third-order valence-corrected chi connectivity index (χ3v) is 1.95. The Kier molecular flexibility index (Phi) is 3.69. The molecule has 14 heavy (non-hydrogen) atoms. The summed E-state index contributed by atoms with van der Waals surface area (Å²) >= 11 is 0. The van der Waals surface area contributed by atoms with Gasteiger partial charge < -0.3 is 4.74 Å². The van der Waals surface area contributed by atoms with Crippen LogP contribution in [0, 0.1) is 5.92 Å². The van der Waals surface area contributed by atoms with Crippen molar-refractivity contribution in [3.05, 3.63) is 35.6 Å². The minimum atomic E-state index is 0.511. The molecule has 0 aromatic carbocycles. The third-order valence-electron chi connectivity index (χ3n) is 1.95. The van der Waals surface area contributed by atoms with Gasteiger partial charge in [-0.25, -0.2) is 0 Å². The molecule has 0 N–H and O–H groups in total.